The van der Waals surface area contributed by atoms with Crippen molar-refractivity contribution in [3.8, 4) is 5.69 Å². The lowest BCUT2D eigenvalue weighted by Crippen LogP contribution is -2.40. The lowest BCUT2D eigenvalue weighted by molar-refractivity contribution is 0.785. The lowest BCUT2D eigenvalue weighted by atomic mass is 10.3. The van der Waals surface area contributed by atoms with Crippen molar-refractivity contribution in [1.82, 2.24) is 15.0 Å². The molecule has 2 rings (SSSR count). The molecule has 0 aliphatic heterocycles. The standard InChI is InChI=1S/C12H17N3Si/c1-10-12(16(2,3)4)13-14-15(10)11-8-6-5-7-9-11/h5-9H,1-4H3. The fourth-order valence-electron chi connectivity index (χ4n) is 1.84. The van der Waals surface area contributed by atoms with Gasteiger partial charge in [-0.1, -0.05) is 43.1 Å². The van der Waals surface area contributed by atoms with Gasteiger partial charge in [0.1, 0.15) is 8.07 Å². The molecule has 1 aromatic heterocycles. The maximum Gasteiger partial charge on any atom is 0.106 e. The molecule has 0 atom stereocenters. The van der Waals surface area contributed by atoms with E-state index in [-0.39, 0.29) is 0 Å². The van der Waals surface area contributed by atoms with E-state index in [4.69, 9.17) is 0 Å². The third-order valence-electron chi connectivity index (χ3n) is 2.61. The van der Waals surface area contributed by atoms with Crippen LogP contribution in [0, 0.1) is 6.92 Å². The Kier molecular flexibility index (Phi) is 2.67. The van der Waals surface area contributed by atoms with Gasteiger partial charge in [0, 0.05) is 0 Å². The Balaban J connectivity index is 2.50. The van der Waals surface area contributed by atoms with Crippen molar-refractivity contribution in [1.29, 1.82) is 0 Å². The van der Waals surface area contributed by atoms with Gasteiger partial charge in [0.15, 0.2) is 0 Å². The van der Waals surface area contributed by atoms with Gasteiger partial charge in [-0.05, 0) is 19.1 Å². The molecular weight excluding hydrogens is 214 g/mol. The van der Waals surface area contributed by atoms with E-state index >= 15 is 0 Å². The number of hydrogen-bond donors (Lipinski definition) is 0. The predicted octanol–water partition coefficient (Wildman–Crippen LogP) is 2.12. The van der Waals surface area contributed by atoms with Crippen LogP contribution in [0.1, 0.15) is 5.69 Å². The van der Waals surface area contributed by atoms with Crippen LogP contribution in [0.5, 0.6) is 0 Å². The molecule has 3 nitrogen and oxygen atoms in total. The molecule has 0 bridgehead atoms. The first-order valence-electron chi connectivity index (χ1n) is 5.48. The second kappa shape index (κ2) is 3.86. The van der Waals surface area contributed by atoms with Crippen LogP contribution < -0.4 is 5.32 Å². The van der Waals surface area contributed by atoms with Gasteiger partial charge in [-0.25, -0.2) is 4.68 Å². The topological polar surface area (TPSA) is 30.7 Å². The first kappa shape index (κ1) is 11.1. The van der Waals surface area contributed by atoms with E-state index in [0.717, 1.165) is 5.69 Å². The summed E-state index contributed by atoms with van der Waals surface area (Å²) < 4.78 is 1.92. The van der Waals surface area contributed by atoms with Crippen molar-refractivity contribution in [2.45, 2.75) is 26.6 Å². The molecule has 0 amide bonds. The van der Waals surface area contributed by atoms with Crippen molar-refractivity contribution < 1.29 is 0 Å². The SMILES string of the molecule is Cc1c([Si](C)(C)C)nnn1-c1ccccc1. The normalized spacial score (nSPS) is 11.8. The second-order valence-corrected chi connectivity index (χ2v) is 9.99. The minimum absolute atomic E-state index is 1.08. The summed E-state index contributed by atoms with van der Waals surface area (Å²) in [7, 11) is -1.38. The first-order chi connectivity index (χ1) is 7.50. The lowest BCUT2D eigenvalue weighted by Gasteiger charge is -2.13. The van der Waals surface area contributed by atoms with Crippen LogP contribution in [0.2, 0.25) is 19.6 Å². The summed E-state index contributed by atoms with van der Waals surface area (Å²) in [5, 5.41) is 9.78. The summed E-state index contributed by atoms with van der Waals surface area (Å²) in [5.41, 5.74) is 2.25. The smallest absolute Gasteiger partial charge is 0.106 e. The van der Waals surface area contributed by atoms with Crippen LogP contribution in [0.15, 0.2) is 30.3 Å². The average molecular weight is 231 g/mol. The Bertz CT molecular complexity index is 483. The Morgan fingerprint density at radius 3 is 2.19 bits per heavy atom. The van der Waals surface area contributed by atoms with Gasteiger partial charge >= 0.3 is 0 Å². The van der Waals surface area contributed by atoms with Crippen molar-refractivity contribution >= 4 is 13.4 Å². The quantitative estimate of drug-likeness (QED) is 0.741. The van der Waals surface area contributed by atoms with Gasteiger partial charge < -0.3 is 0 Å². The molecule has 0 spiro atoms. The number of rotatable bonds is 2. The average Bonchev–Trinajstić information content (AvgIpc) is 2.61. The van der Waals surface area contributed by atoms with Gasteiger partial charge in [0.25, 0.3) is 0 Å². The van der Waals surface area contributed by atoms with Gasteiger partial charge in [-0.3, -0.25) is 0 Å². The molecule has 16 heavy (non-hydrogen) atoms. The molecule has 0 saturated carbocycles. The van der Waals surface area contributed by atoms with Crippen LogP contribution in [0.25, 0.3) is 5.69 Å². The monoisotopic (exact) mass is 231 g/mol. The maximum absolute atomic E-state index is 4.34. The summed E-state index contributed by atoms with van der Waals surface area (Å²) in [5.74, 6) is 0. The summed E-state index contributed by atoms with van der Waals surface area (Å²) >= 11 is 0. The molecule has 2 aromatic rings. The van der Waals surface area contributed by atoms with E-state index in [1.165, 1.54) is 11.0 Å². The van der Waals surface area contributed by atoms with Crippen LogP contribution in [0.4, 0.5) is 0 Å². The van der Waals surface area contributed by atoms with Crippen molar-refractivity contribution in [2.75, 3.05) is 0 Å². The highest BCUT2D eigenvalue weighted by Gasteiger charge is 2.24. The summed E-state index contributed by atoms with van der Waals surface area (Å²) in [6, 6.07) is 10.1. The highest BCUT2D eigenvalue weighted by atomic mass is 28.3. The molecule has 84 valence electrons. The van der Waals surface area contributed by atoms with Crippen LogP contribution in [-0.4, -0.2) is 23.1 Å². The Labute approximate surface area is 97.1 Å². The van der Waals surface area contributed by atoms with E-state index in [1.54, 1.807) is 0 Å². The van der Waals surface area contributed by atoms with Gasteiger partial charge in [0.05, 0.1) is 16.7 Å². The number of aromatic nitrogens is 3. The summed E-state index contributed by atoms with van der Waals surface area (Å²) in [6.07, 6.45) is 0. The number of hydrogen-bond acceptors (Lipinski definition) is 2. The molecule has 0 radical (unpaired) electrons. The maximum atomic E-state index is 4.34. The van der Waals surface area contributed by atoms with Crippen molar-refractivity contribution in [3.63, 3.8) is 0 Å². The third kappa shape index (κ3) is 1.93. The molecule has 1 heterocycles. The van der Waals surface area contributed by atoms with Gasteiger partial charge in [-0.2, -0.15) is 0 Å². The zero-order valence-electron chi connectivity index (χ0n) is 10.2. The zero-order valence-corrected chi connectivity index (χ0v) is 11.2. The minimum atomic E-state index is -1.38. The van der Waals surface area contributed by atoms with E-state index in [0.29, 0.717) is 0 Å². The van der Waals surface area contributed by atoms with E-state index in [2.05, 4.69) is 49.0 Å². The zero-order chi connectivity index (χ0) is 11.8. The first-order valence-corrected chi connectivity index (χ1v) is 8.98. The molecule has 0 unspecified atom stereocenters. The molecule has 0 N–H and O–H groups in total. The molecular formula is C12H17N3Si. The molecule has 0 aliphatic rings. The third-order valence-corrected chi connectivity index (χ3v) is 4.49. The second-order valence-electron chi connectivity index (χ2n) is 5.02. The summed E-state index contributed by atoms with van der Waals surface area (Å²) in [4.78, 5) is 0. The van der Waals surface area contributed by atoms with Crippen LogP contribution >= 0.6 is 0 Å². The molecule has 0 saturated heterocycles. The summed E-state index contributed by atoms with van der Waals surface area (Å²) in [6.45, 7) is 8.97. The number of para-hydroxylation sites is 1. The Morgan fingerprint density at radius 1 is 1.06 bits per heavy atom. The highest BCUT2D eigenvalue weighted by molar-refractivity contribution is 6.88. The van der Waals surface area contributed by atoms with Crippen LogP contribution in [-0.2, 0) is 0 Å². The highest BCUT2D eigenvalue weighted by Crippen LogP contribution is 2.10. The van der Waals surface area contributed by atoms with Crippen molar-refractivity contribution in [3.05, 3.63) is 36.0 Å². The Morgan fingerprint density at radius 2 is 1.69 bits per heavy atom. The predicted molar refractivity (Wildman–Crippen MR) is 69.1 cm³/mol. The van der Waals surface area contributed by atoms with Gasteiger partial charge in [0.2, 0.25) is 0 Å². The minimum Gasteiger partial charge on any atom is -0.218 e. The van der Waals surface area contributed by atoms with Crippen LogP contribution in [0.3, 0.4) is 0 Å². The number of benzene rings is 1. The van der Waals surface area contributed by atoms with Crippen molar-refractivity contribution in [2.24, 2.45) is 0 Å². The van der Waals surface area contributed by atoms with E-state index in [1.807, 2.05) is 22.9 Å². The van der Waals surface area contributed by atoms with Gasteiger partial charge in [-0.15, -0.1) is 5.10 Å². The van der Waals surface area contributed by atoms with E-state index < -0.39 is 8.07 Å². The fourth-order valence-corrected chi connectivity index (χ4v) is 3.37. The Hall–Kier alpha value is -1.42. The van der Waals surface area contributed by atoms with E-state index in [9.17, 15) is 0 Å². The fraction of sp³-hybridized carbons (Fsp3) is 0.333. The molecule has 4 heteroatoms. The molecule has 1 aromatic carbocycles. The largest absolute Gasteiger partial charge is 0.218 e. The molecule has 0 aliphatic carbocycles. The molecule has 0 fully saturated rings. The number of nitrogens with zero attached hydrogens (tertiary/aromatic N) is 3.